The summed E-state index contributed by atoms with van der Waals surface area (Å²) in [5.74, 6) is -0.928. The van der Waals surface area contributed by atoms with Gasteiger partial charge in [-0.3, -0.25) is 4.79 Å². The number of hydrogen-bond acceptors (Lipinski definition) is 2. The second-order valence-electron chi connectivity index (χ2n) is 9.87. The Morgan fingerprint density at radius 2 is 1.60 bits per heavy atom. The molecule has 0 fully saturated rings. The average molecular weight is 574 g/mol. The van der Waals surface area contributed by atoms with E-state index in [1.54, 1.807) is 24.3 Å². The summed E-state index contributed by atoms with van der Waals surface area (Å²) in [4.78, 5) is 29.9. The number of rotatable bonds is 5. The number of carbonyl (C=O) groups is 2. The summed E-state index contributed by atoms with van der Waals surface area (Å²) in [5.41, 5.74) is 2.31. The molecule has 9 heteroatoms. The first kappa shape index (κ1) is 28.6. The zero-order chi connectivity index (χ0) is 29.7. The van der Waals surface area contributed by atoms with Crippen molar-refractivity contribution in [2.24, 2.45) is 0 Å². The summed E-state index contributed by atoms with van der Waals surface area (Å²) in [6.07, 6.45) is -1.27. The van der Waals surface area contributed by atoms with E-state index in [9.17, 15) is 27.2 Å². The molecule has 0 radical (unpaired) electrons. The number of benzene rings is 4. The molecule has 0 saturated heterocycles. The molecular weight excluding hydrogens is 546 g/mol. The van der Waals surface area contributed by atoms with Crippen LogP contribution in [0.5, 0.6) is 0 Å². The third kappa shape index (κ3) is 6.68. The zero-order valence-corrected chi connectivity index (χ0v) is 22.4. The number of nitrogens with zero attached hydrogens (tertiary/aromatic N) is 2. The molecule has 1 aliphatic heterocycles. The minimum absolute atomic E-state index is 0.00331. The monoisotopic (exact) mass is 573 g/mol. The van der Waals surface area contributed by atoms with Gasteiger partial charge in [0.05, 0.1) is 17.3 Å². The van der Waals surface area contributed by atoms with Gasteiger partial charge in [0.2, 0.25) is 5.91 Å². The highest BCUT2D eigenvalue weighted by atomic mass is 19.4. The Balaban J connectivity index is 1.44. The van der Waals surface area contributed by atoms with E-state index in [0.717, 1.165) is 23.3 Å². The highest BCUT2D eigenvalue weighted by molar-refractivity contribution is 5.96. The summed E-state index contributed by atoms with van der Waals surface area (Å²) >= 11 is 0. The maximum atomic E-state index is 13.7. The number of urea groups is 1. The van der Waals surface area contributed by atoms with Crippen molar-refractivity contribution in [3.8, 4) is 11.1 Å². The quantitative estimate of drug-likeness (QED) is 0.197. The first-order valence-corrected chi connectivity index (χ1v) is 13.3. The second kappa shape index (κ2) is 12.3. The molecule has 0 aliphatic carbocycles. The van der Waals surface area contributed by atoms with Crippen LogP contribution < -0.4 is 5.32 Å². The van der Waals surface area contributed by atoms with Crippen LogP contribution in [-0.2, 0) is 17.5 Å². The fraction of sp³-hybridized carbons (Fsp3) is 0.152. The maximum absolute atomic E-state index is 13.7. The standard InChI is InChI=1S/C33H27F4N3O2/c34-27-17-15-23(16-18-27)21-40-30(25-10-6-11-26(20-25)33(35,36)37)14-7-19-39(22-31(40)41)32(42)38-29-13-5-4-12-28(29)24-8-2-1-3-9-24/h1-18,20,30H,19,21-22H2,(H,38,42)/b14-7-. The van der Waals surface area contributed by atoms with Gasteiger partial charge in [0.1, 0.15) is 12.4 Å². The molecule has 5 nitrogen and oxygen atoms in total. The van der Waals surface area contributed by atoms with Crippen LogP contribution in [0.15, 0.2) is 115 Å². The Kier molecular flexibility index (Phi) is 8.38. The largest absolute Gasteiger partial charge is 0.416 e. The SMILES string of the molecule is O=C(Nc1ccccc1-c1ccccc1)N1C/C=C\C(c2cccc(C(F)(F)F)c2)N(Cc2ccc(F)cc2)C(=O)C1. The van der Waals surface area contributed by atoms with Gasteiger partial charge in [-0.2, -0.15) is 13.2 Å². The molecule has 4 aromatic carbocycles. The summed E-state index contributed by atoms with van der Waals surface area (Å²) in [7, 11) is 0. The number of alkyl halides is 3. The average Bonchev–Trinajstić information content (AvgIpc) is 2.98. The van der Waals surface area contributed by atoms with Crippen molar-refractivity contribution in [3.05, 3.63) is 138 Å². The lowest BCUT2D eigenvalue weighted by Crippen LogP contribution is -2.46. The van der Waals surface area contributed by atoms with Crippen LogP contribution in [0.3, 0.4) is 0 Å². The number of hydrogen-bond donors (Lipinski definition) is 1. The molecule has 0 bridgehead atoms. The number of anilines is 1. The lowest BCUT2D eigenvalue weighted by Gasteiger charge is -2.35. The summed E-state index contributed by atoms with van der Waals surface area (Å²) in [6, 6.07) is 25.9. The fourth-order valence-corrected chi connectivity index (χ4v) is 4.87. The highest BCUT2D eigenvalue weighted by Gasteiger charge is 2.33. The lowest BCUT2D eigenvalue weighted by molar-refractivity contribution is -0.137. The molecule has 1 atom stereocenters. The van der Waals surface area contributed by atoms with Crippen molar-refractivity contribution in [1.29, 1.82) is 0 Å². The molecule has 42 heavy (non-hydrogen) atoms. The Hall–Kier alpha value is -4.92. The van der Waals surface area contributed by atoms with E-state index in [0.29, 0.717) is 11.3 Å². The molecule has 0 spiro atoms. The summed E-state index contributed by atoms with van der Waals surface area (Å²) in [6.45, 7) is -0.262. The molecule has 214 valence electrons. The van der Waals surface area contributed by atoms with Gasteiger partial charge in [0, 0.05) is 18.7 Å². The Labute approximate surface area is 240 Å². The second-order valence-corrected chi connectivity index (χ2v) is 9.87. The molecule has 3 amide bonds. The van der Waals surface area contributed by atoms with Crippen molar-refractivity contribution >= 4 is 17.6 Å². The van der Waals surface area contributed by atoms with Crippen molar-refractivity contribution < 1.29 is 27.2 Å². The maximum Gasteiger partial charge on any atom is 0.416 e. The molecule has 0 saturated carbocycles. The Morgan fingerprint density at radius 3 is 2.33 bits per heavy atom. The molecular formula is C33H27F4N3O2. The van der Waals surface area contributed by atoms with Crippen LogP contribution >= 0.6 is 0 Å². The first-order valence-electron chi connectivity index (χ1n) is 13.3. The van der Waals surface area contributed by atoms with E-state index in [2.05, 4.69) is 5.32 Å². The number of amides is 3. The lowest BCUT2D eigenvalue weighted by atomic mass is 10.00. The smallest absolute Gasteiger partial charge is 0.326 e. The van der Waals surface area contributed by atoms with Gasteiger partial charge >= 0.3 is 12.2 Å². The van der Waals surface area contributed by atoms with Crippen molar-refractivity contribution in [3.63, 3.8) is 0 Å². The number of halogens is 4. The molecule has 1 N–H and O–H groups in total. The third-order valence-corrected chi connectivity index (χ3v) is 6.99. The Bertz CT molecular complexity index is 1590. The van der Waals surface area contributed by atoms with Crippen LogP contribution in [-0.4, -0.2) is 34.8 Å². The van der Waals surface area contributed by atoms with Crippen molar-refractivity contribution in [2.45, 2.75) is 18.8 Å². The Morgan fingerprint density at radius 1 is 0.881 bits per heavy atom. The highest BCUT2D eigenvalue weighted by Crippen LogP contribution is 2.34. The minimum Gasteiger partial charge on any atom is -0.326 e. The normalized spacial score (nSPS) is 16.5. The van der Waals surface area contributed by atoms with E-state index in [1.807, 2.05) is 42.5 Å². The molecule has 4 aromatic rings. The molecule has 1 heterocycles. The van der Waals surface area contributed by atoms with Crippen LogP contribution in [0, 0.1) is 5.82 Å². The molecule has 0 aromatic heterocycles. The van der Waals surface area contributed by atoms with Crippen LogP contribution in [0.1, 0.15) is 22.7 Å². The topological polar surface area (TPSA) is 52.7 Å². The van der Waals surface area contributed by atoms with E-state index in [-0.39, 0.29) is 25.2 Å². The van der Waals surface area contributed by atoms with Crippen LogP contribution in [0.2, 0.25) is 0 Å². The third-order valence-electron chi connectivity index (χ3n) is 6.99. The summed E-state index contributed by atoms with van der Waals surface area (Å²) < 4.78 is 54.1. The number of carbonyl (C=O) groups excluding carboxylic acids is 2. The minimum atomic E-state index is -4.56. The number of nitrogens with one attached hydrogen (secondary N) is 1. The van der Waals surface area contributed by atoms with Gasteiger partial charge in [-0.05, 0) is 47.0 Å². The van der Waals surface area contributed by atoms with Crippen molar-refractivity contribution in [1.82, 2.24) is 9.80 Å². The fourth-order valence-electron chi connectivity index (χ4n) is 4.87. The van der Waals surface area contributed by atoms with Gasteiger partial charge < -0.3 is 15.1 Å². The molecule has 5 rings (SSSR count). The first-order chi connectivity index (χ1) is 20.2. The van der Waals surface area contributed by atoms with E-state index < -0.39 is 35.5 Å². The van der Waals surface area contributed by atoms with E-state index in [1.165, 1.54) is 46.2 Å². The predicted octanol–water partition coefficient (Wildman–Crippen LogP) is 7.69. The van der Waals surface area contributed by atoms with Gasteiger partial charge in [0.25, 0.3) is 0 Å². The zero-order valence-electron chi connectivity index (χ0n) is 22.4. The van der Waals surface area contributed by atoms with Gasteiger partial charge in [0.15, 0.2) is 0 Å². The van der Waals surface area contributed by atoms with Crippen molar-refractivity contribution in [2.75, 3.05) is 18.4 Å². The van der Waals surface area contributed by atoms with Gasteiger partial charge in [-0.15, -0.1) is 0 Å². The summed E-state index contributed by atoms with van der Waals surface area (Å²) in [5, 5.41) is 2.90. The molecule has 1 aliphatic rings. The van der Waals surface area contributed by atoms with E-state index >= 15 is 0 Å². The van der Waals surface area contributed by atoms with Gasteiger partial charge in [-0.25, -0.2) is 9.18 Å². The molecule has 1 unspecified atom stereocenters. The van der Waals surface area contributed by atoms with Gasteiger partial charge in [-0.1, -0.05) is 84.9 Å². The van der Waals surface area contributed by atoms with E-state index in [4.69, 9.17) is 0 Å². The predicted molar refractivity (Wildman–Crippen MR) is 153 cm³/mol. The van der Waals surface area contributed by atoms with Crippen LogP contribution in [0.4, 0.5) is 28.0 Å². The van der Waals surface area contributed by atoms with Crippen LogP contribution in [0.25, 0.3) is 11.1 Å². The number of para-hydroxylation sites is 1.